The van der Waals surface area contributed by atoms with Gasteiger partial charge in [-0.25, -0.2) is 0 Å². The topological polar surface area (TPSA) is 49.5 Å². The lowest BCUT2D eigenvalue weighted by Gasteiger charge is -2.30. The Morgan fingerprint density at radius 2 is 1.88 bits per heavy atom. The molecule has 0 aliphatic carbocycles. The van der Waals surface area contributed by atoms with Crippen LogP contribution < -0.4 is 5.73 Å². The lowest BCUT2D eigenvalue weighted by atomic mass is 9.96. The summed E-state index contributed by atoms with van der Waals surface area (Å²) in [5.41, 5.74) is 6.84. The second-order valence-electron chi connectivity index (χ2n) is 4.85. The van der Waals surface area contributed by atoms with Gasteiger partial charge in [0.25, 0.3) is 0 Å². The molecular formula is C14H22N2O. The van der Waals surface area contributed by atoms with E-state index in [0.29, 0.717) is 12.3 Å². The summed E-state index contributed by atoms with van der Waals surface area (Å²) in [7, 11) is 0. The third-order valence-corrected chi connectivity index (χ3v) is 3.59. The van der Waals surface area contributed by atoms with E-state index in [9.17, 15) is 5.11 Å². The Morgan fingerprint density at radius 3 is 2.53 bits per heavy atom. The average molecular weight is 234 g/mol. The average Bonchev–Trinajstić information content (AvgIpc) is 2.38. The molecule has 3 nitrogen and oxygen atoms in total. The smallest absolute Gasteiger partial charge is 0.119 e. The van der Waals surface area contributed by atoms with Crippen LogP contribution in [0, 0.1) is 0 Å². The molecule has 94 valence electrons. The minimum atomic E-state index is 0.245. The molecule has 0 spiro atoms. The highest BCUT2D eigenvalue weighted by Crippen LogP contribution is 2.26. The molecule has 0 aromatic heterocycles. The molecular weight excluding hydrogens is 212 g/mol. The first kappa shape index (κ1) is 12.4. The standard InChI is InChI=1S/C14H22N2O/c15-10-12(11-16-8-4-1-5-9-16)13-6-2-3-7-14(13)17/h2-3,6-7,12,17H,1,4-5,8-11,15H2. The number of phenolic OH excluding ortho intramolecular Hbond substituents is 1. The molecule has 0 amide bonds. The molecule has 2 rings (SSSR count). The number of nitrogens with two attached hydrogens (primary N) is 1. The SMILES string of the molecule is NCC(CN1CCCCC1)c1ccccc1O. The summed E-state index contributed by atoms with van der Waals surface area (Å²) < 4.78 is 0. The molecule has 1 heterocycles. The summed E-state index contributed by atoms with van der Waals surface area (Å²) >= 11 is 0. The number of likely N-dealkylation sites (tertiary alicyclic amines) is 1. The second-order valence-corrected chi connectivity index (χ2v) is 4.85. The van der Waals surface area contributed by atoms with Crippen molar-refractivity contribution in [3.05, 3.63) is 29.8 Å². The Hall–Kier alpha value is -1.06. The fourth-order valence-corrected chi connectivity index (χ4v) is 2.59. The van der Waals surface area contributed by atoms with Crippen LogP contribution >= 0.6 is 0 Å². The highest BCUT2D eigenvalue weighted by Gasteiger charge is 2.18. The van der Waals surface area contributed by atoms with E-state index in [4.69, 9.17) is 5.73 Å². The predicted molar refractivity (Wildman–Crippen MR) is 70.2 cm³/mol. The summed E-state index contributed by atoms with van der Waals surface area (Å²) in [6.07, 6.45) is 3.93. The van der Waals surface area contributed by atoms with Crippen molar-refractivity contribution >= 4 is 0 Å². The third kappa shape index (κ3) is 3.20. The van der Waals surface area contributed by atoms with E-state index in [2.05, 4.69) is 4.90 Å². The van der Waals surface area contributed by atoms with Gasteiger partial charge >= 0.3 is 0 Å². The van der Waals surface area contributed by atoms with Crippen LogP contribution in [0.25, 0.3) is 0 Å². The first-order valence-electron chi connectivity index (χ1n) is 6.51. The van der Waals surface area contributed by atoms with Crippen molar-refractivity contribution in [2.24, 2.45) is 5.73 Å². The number of rotatable bonds is 4. The van der Waals surface area contributed by atoms with Crippen LogP contribution in [0.4, 0.5) is 0 Å². The van der Waals surface area contributed by atoms with Crippen LogP contribution in [0.1, 0.15) is 30.7 Å². The molecule has 1 unspecified atom stereocenters. The van der Waals surface area contributed by atoms with E-state index in [1.54, 1.807) is 6.07 Å². The molecule has 3 heteroatoms. The quantitative estimate of drug-likeness (QED) is 0.837. The Bertz CT molecular complexity index is 348. The summed E-state index contributed by atoms with van der Waals surface area (Å²) in [6, 6.07) is 7.55. The number of benzene rings is 1. The van der Waals surface area contributed by atoms with E-state index in [1.807, 2.05) is 18.2 Å². The van der Waals surface area contributed by atoms with Gasteiger partial charge in [0.15, 0.2) is 0 Å². The van der Waals surface area contributed by atoms with Crippen molar-refractivity contribution in [2.45, 2.75) is 25.2 Å². The van der Waals surface area contributed by atoms with Gasteiger partial charge in [-0.15, -0.1) is 0 Å². The largest absolute Gasteiger partial charge is 0.508 e. The van der Waals surface area contributed by atoms with Crippen molar-refractivity contribution in [3.8, 4) is 5.75 Å². The summed E-state index contributed by atoms with van der Waals surface area (Å²) in [5.74, 6) is 0.620. The lowest BCUT2D eigenvalue weighted by molar-refractivity contribution is 0.215. The molecule has 1 atom stereocenters. The van der Waals surface area contributed by atoms with Crippen LogP contribution in [0.2, 0.25) is 0 Å². The molecule has 1 fully saturated rings. The Kier molecular flexibility index (Phi) is 4.40. The highest BCUT2D eigenvalue weighted by atomic mass is 16.3. The number of hydrogen-bond acceptors (Lipinski definition) is 3. The summed E-state index contributed by atoms with van der Waals surface area (Å²) in [6.45, 7) is 3.90. The maximum absolute atomic E-state index is 9.87. The first-order valence-corrected chi connectivity index (χ1v) is 6.51. The lowest BCUT2D eigenvalue weighted by Crippen LogP contribution is -2.35. The van der Waals surface area contributed by atoms with Crippen molar-refractivity contribution in [2.75, 3.05) is 26.2 Å². The predicted octanol–water partition coefficient (Wildman–Crippen LogP) is 1.92. The van der Waals surface area contributed by atoms with Crippen LogP contribution in [0.5, 0.6) is 5.75 Å². The molecule has 0 bridgehead atoms. The third-order valence-electron chi connectivity index (χ3n) is 3.59. The van der Waals surface area contributed by atoms with Gasteiger partial charge in [0, 0.05) is 19.0 Å². The maximum Gasteiger partial charge on any atom is 0.119 e. The number of piperidine rings is 1. The number of para-hydroxylation sites is 1. The first-order chi connectivity index (χ1) is 8.31. The van der Waals surface area contributed by atoms with Gasteiger partial charge < -0.3 is 15.7 Å². The van der Waals surface area contributed by atoms with Crippen molar-refractivity contribution in [1.29, 1.82) is 0 Å². The van der Waals surface area contributed by atoms with Gasteiger partial charge in [0.2, 0.25) is 0 Å². The van der Waals surface area contributed by atoms with E-state index in [0.717, 1.165) is 12.1 Å². The second kappa shape index (κ2) is 6.03. The normalized spacial score (nSPS) is 19.1. The number of nitrogens with zero attached hydrogens (tertiary/aromatic N) is 1. The zero-order valence-corrected chi connectivity index (χ0v) is 10.3. The van der Waals surface area contributed by atoms with Gasteiger partial charge in [-0.2, -0.15) is 0 Å². The van der Waals surface area contributed by atoms with Crippen molar-refractivity contribution < 1.29 is 5.11 Å². The van der Waals surface area contributed by atoms with Gasteiger partial charge in [0.05, 0.1) is 0 Å². The maximum atomic E-state index is 9.87. The van der Waals surface area contributed by atoms with Gasteiger partial charge in [-0.1, -0.05) is 24.6 Å². The van der Waals surface area contributed by atoms with Gasteiger partial charge in [-0.05, 0) is 37.6 Å². The minimum absolute atomic E-state index is 0.245. The molecule has 1 aromatic rings. The zero-order valence-electron chi connectivity index (χ0n) is 10.3. The van der Waals surface area contributed by atoms with Crippen LogP contribution in [-0.4, -0.2) is 36.2 Å². The summed E-state index contributed by atoms with van der Waals surface area (Å²) in [4.78, 5) is 2.47. The number of hydrogen-bond donors (Lipinski definition) is 2. The van der Waals surface area contributed by atoms with Crippen LogP contribution in [0.3, 0.4) is 0 Å². The van der Waals surface area contributed by atoms with Crippen LogP contribution in [0.15, 0.2) is 24.3 Å². The van der Waals surface area contributed by atoms with E-state index in [-0.39, 0.29) is 5.92 Å². The molecule has 1 aliphatic rings. The summed E-state index contributed by atoms with van der Waals surface area (Å²) in [5, 5.41) is 9.87. The molecule has 1 aliphatic heterocycles. The van der Waals surface area contributed by atoms with E-state index < -0.39 is 0 Å². The Balaban J connectivity index is 2.03. The molecule has 3 N–H and O–H groups in total. The minimum Gasteiger partial charge on any atom is -0.508 e. The molecule has 0 saturated carbocycles. The molecule has 17 heavy (non-hydrogen) atoms. The van der Waals surface area contributed by atoms with Crippen molar-refractivity contribution in [3.63, 3.8) is 0 Å². The molecule has 1 aromatic carbocycles. The van der Waals surface area contributed by atoms with Crippen LogP contribution in [-0.2, 0) is 0 Å². The van der Waals surface area contributed by atoms with Crippen molar-refractivity contribution in [1.82, 2.24) is 4.90 Å². The fourth-order valence-electron chi connectivity index (χ4n) is 2.59. The van der Waals surface area contributed by atoms with Gasteiger partial charge in [-0.3, -0.25) is 0 Å². The fraction of sp³-hybridized carbons (Fsp3) is 0.571. The number of phenols is 1. The van der Waals surface area contributed by atoms with E-state index >= 15 is 0 Å². The Morgan fingerprint density at radius 1 is 1.18 bits per heavy atom. The zero-order chi connectivity index (χ0) is 12.1. The number of aromatic hydroxyl groups is 1. The monoisotopic (exact) mass is 234 g/mol. The molecule has 1 saturated heterocycles. The highest BCUT2D eigenvalue weighted by molar-refractivity contribution is 5.35. The van der Waals surface area contributed by atoms with Gasteiger partial charge in [0.1, 0.15) is 5.75 Å². The molecule has 0 radical (unpaired) electrons. The van der Waals surface area contributed by atoms with E-state index in [1.165, 1.54) is 32.4 Å². The Labute approximate surface area is 103 Å².